The number of ether oxygens (including phenoxy) is 1. The van der Waals surface area contributed by atoms with Crippen molar-refractivity contribution in [1.82, 2.24) is 10.2 Å². The van der Waals surface area contributed by atoms with E-state index in [4.69, 9.17) is 28.6 Å². The minimum atomic E-state index is -0.472. The van der Waals surface area contributed by atoms with Crippen molar-refractivity contribution in [2.75, 3.05) is 37.7 Å². The largest absolute Gasteiger partial charge is 0.494 e. The van der Waals surface area contributed by atoms with Crippen LogP contribution in [-0.4, -0.2) is 53.6 Å². The van der Waals surface area contributed by atoms with Crippen LogP contribution in [-0.2, 0) is 0 Å². The molecule has 0 radical (unpaired) electrons. The van der Waals surface area contributed by atoms with Crippen molar-refractivity contribution in [3.63, 3.8) is 0 Å². The van der Waals surface area contributed by atoms with Crippen LogP contribution >= 0.6 is 23.8 Å². The first-order valence-corrected chi connectivity index (χ1v) is 10.7. The number of hydrogen-bond acceptors (Lipinski definition) is 6. The average Bonchev–Trinajstić information content (AvgIpc) is 2.78. The fourth-order valence-electron chi connectivity index (χ4n) is 3.19. The zero-order valence-electron chi connectivity index (χ0n) is 17.0. The monoisotopic (exact) mass is 462 g/mol. The summed E-state index contributed by atoms with van der Waals surface area (Å²) in [5.41, 5.74) is 1.20. The van der Waals surface area contributed by atoms with Crippen LogP contribution in [0.5, 0.6) is 5.75 Å². The van der Waals surface area contributed by atoms with Gasteiger partial charge in [-0.1, -0.05) is 18.5 Å². The van der Waals surface area contributed by atoms with E-state index < -0.39 is 4.92 Å². The summed E-state index contributed by atoms with van der Waals surface area (Å²) in [7, 11) is 0. The number of carbonyl (C=O) groups excluding carboxylic acids is 1. The van der Waals surface area contributed by atoms with Gasteiger partial charge in [0.15, 0.2) is 5.11 Å². The van der Waals surface area contributed by atoms with E-state index in [1.807, 2.05) is 16.7 Å². The Hall–Kier alpha value is -2.91. The third-order valence-corrected chi connectivity index (χ3v) is 5.52. The van der Waals surface area contributed by atoms with Crippen LogP contribution < -0.4 is 15.0 Å². The zero-order valence-corrected chi connectivity index (χ0v) is 18.6. The van der Waals surface area contributed by atoms with Gasteiger partial charge >= 0.3 is 0 Å². The fourth-order valence-corrected chi connectivity index (χ4v) is 3.76. The van der Waals surface area contributed by atoms with Gasteiger partial charge in [-0.3, -0.25) is 20.2 Å². The van der Waals surface area contributed by atoms with Crippen molar-refractivity contribution in [1.29, 1.82) is 0 Å². The molecule has 1 aliphatic heterocycles. The molecule has 0 saturated carbocycles. The summed E-state index contributed by atoms with van der Waals surface area (Å²) in [6.45, 7) is 5.09. The maximum absolute atomic E-state index is 12.5. The Labute approximate surface area is 190 Å². The number of hydrogen-bond donors (Lipinski definition) is 1. The number of rotatable bonds is 6. The molecule has 0 unspecified atom stereocenters. The third-order valence-electron chi connectivity index (χ3n) is 4.86. The molecule has 1 aliphatic rings. The molecule has 1 saturated heterocycles. The number of amides is 1. The average molecular weight is 463 g/mol. The number of anilines is 1. The summed E-state index contributed by atoms with van der Waals surface area (Å²) in [6.07, 6.45) is 0.917. The maximum Gasteiger partial charge on any atom is 0.271 e. The Kier molecular flexibility index (Phi) is 7.64. The van der Waals surface area contributed by atoms with E-state index in [1.54, 1.807) is 30.3 Å². The second-order valence-electron chi connectivity index (χ2n) is 7.00. The number of halogens is 1. The summed E-state index contributed by atoms with van der Waals surface area (Å²) in [5, 5.41) is 14.4. The Balaban J connectivity index is 1.53. The second kappa shape index (κ2) is 10.4. The molecular weight excluding hydrogens is 440 g/mol. The molecule has 0 bridgehead atoms. The van der Waals surface area contributed by atoms with Gasteiger partial charge in [-0.05, 0) is 49.0 Å². The molecule has 1 N–H and O–H groups in total. The highest BCUT2D eigenvalue weighted by atomic mass is 35.5. The first kappa shape index (κ1) is 22.8. The topological polar surface area (TPSA) is 88.0 Å². The van der Waals surface area contributed by atoms with E-state index in [9.17, 15) is 14.9 Å². The van der Waals surface area contributed by atoms with E-state index in [1.165, 1.54) is 12.1 Å². The van der Waals surface area contributed by atoms with Crippen molar-refractivity contribution in [2.45, 2.75) is 13.3 Å². The lowest BCUT2D eigenvalue weighted by molar-refractivity contribution is -0.384. The Morgan fingerprint density at radius 1 is 1.19 bits per heavy atom. The summed E-state index contributed by atoms with van der Waals surface area (Å²) in [5.74, 6) is 0.454. The molecule has 2 aromatic carbocycles. The first-order chi connectivity index (χ1) is 14.9. The number of nitrogens with one attached hydrogen (secondary N) is 1. The van der Waals surface area contributed by atoms with Crippen molar-refractivity contribution in [3.05, 3.63) is 63.2 Å². The summed E-state index contributed by atoms with van der Waals surface area (Å²) in [6, 6.07) is 11.4. The standard InChI is InChI=1S/C21H23ClN4O4S/c1-2-13-30-17-6-3-15(4-7-17)20(27)23-21(31)25-11-9-24(10-12-25)19-8-5-16(26(28)29)14-18(19)22/h3-8,14H,2,9-13H2,1H3,(H,23,27,31). The number of carbonyl (C=O) groups is 1. The van der Waals surface area contributed by atoms with Crippen LogP contribution in [0, 0.1) is 10.1 Å². The molecule has 10 heteroatoms. The molecule has 1 heterocycles. The SMILES string of the molecule is CCCOc1ccc(C(=O)NC(=S)N2CCN(c3ccc([N+](=O)[O-])cc3Cl)CC2)cc1. The normalized spacial score (nSPS) is 13.6. The number of benzene rings is 2. The van der Waals surface area contributed by atoms with Crippen molar-refractivity contribution >= 4 is 46.2 Å². The number of thiocarbonyl (C=S) groups is 1. The Morgan fingerprint density at radius 3 is 2.45 bits per heavy atom. The Morgan fingerprint density at radius 2 is 1.87 bits per heavy atom. The molecule has 164 valence electrons. The van der Waals surface area contributed by atoms with Gasteiger partial charge in [-0.15, -0.1) is 0 Å². The molecule has 2 aromatic rings. The summed E-state index contributed by atoms with van der Waals surface area (Å²) >= 11 is 11.6. The van der Waals surface area contributed by atoms with Crippen LogP contribution in [0.15, 0.2) is 42.5 Å². The summed E-state index contributed by atoms with van der Waals surface area (Å²) in [4.78, 5) is 26.9. The molecule has 1 amide bonds. The predicted octanol–water partition coefficient (Wildman–Crippen LogP) is 3.87. The fraction of sp³-hybridized carbons (Fsp3) is 0.333. The number of nitro groups is 1. The van der Waals surface area contributed by atoms with E-state index >= 15 is 0 Å². The van der Waals surface area contributed by atoms with Gasteiger partial charge in [0.1, 0.15) is 5.75 Å². The van der Waals surface area contributed by atoms with Crippen LogP contribution in [0.2, 0.25) is 5.02 Å². The lowest BCUT2D eigenvalue weighted by Gasteiger charge is -2.37. The first-order valence-electron chi connectivity index (χ1n) is 9.91. The highest BCUT2D eigenvalue weighted by Crippen LogP contribution is 2.30. The molecule has 0 aliphatic carbocycles. The lowest BCUT2D eigenvalue weighted by atomic mass is 10.2. The lowest BCUT2D eigenvalue weighted by Crippen LogP contribution is -2.52. The highest BCUT2D eigenvalue weighted by Gasteiger charge is 2.23. The maximum atomic E-state index is 12.5. The highest BCUT2D eigenvalue weighted by molar-refractivity contribution is 7.80. The van der Waals surface area contributed by atoms with Gasteiger partial charge < -0.3 is 14.5 Å². The minimum absolute atomic E-state index is 0.0405. The quantitative estimate of drug-likeness (QED) is 0.396. The molecule has 3 rings (SSSR count). The van der Waals surface area contributed by atoms with Crippen LogP contribution in [0.25, 0.3) is 0 Å². The number of non-ortho nitro benzene ring substituents is 1. The smallest absolute Gasteiger partial charge is 0.271 e. The molecule has 0 atom stereocenters. The van der Waals surface area contributed by atoms with Gasteiger partial charge in [0.05, 0.1) is 22.2 Å². The Bertz CT molecular complexity index is 962. The van der Waals surface area contributed by atoms with Gasteiger partial charge in [-0.25, -0.2) is 0 Å². The number of piperazine rings is 1. The van der Waals surface area contributed by atoms with Crippen LogP contribution in [0.1, 0.15) is 23.7 Å². The predicted molar refractivity (Wildman–Crippen MR) is 124 cm³/mol. The molecule has 8 nitrogen and oxygen atoms in total. The van der Waals surface area contributed by atoms with E-state index in [0.29, 0.717) is 48.5 Å². The molecular formula is C21H23ClN4O4S. The van der Waals surface area contributed by atoms with Gasteiger partial charge in [-0.2, -0.15) is 0 Å². The minimum Gasteiger partial charge on any atom is -0.494 e. The second-order valence-corrected chi connectivity index (χ2v) is 7.79. The molecule has 0 spiro atoms. The number of nitrogens with zero attached hydrogens (tertiary/aromatic N) is 3. The van der Waals surface area contributed by atoms with Gasteiger partial charge in [0, 0.05) is 43.9 Å². The molecule has 31 heavy (non-hydrogen) atoms. The van der Waals surface area contributed by atoms with Crippen molar-refractivity contribution < 1.29 is 14.5 Å². The summed E-state index contributed by atoms with van der Waals surface area (Å²) < 4.78 is 5.53. The van der Waals surface area contributed by atoms with E-state index in [0.717, 1.165) is 17.9 Å². The zero-order chi connectivity index (χ0) is 22.4. The van der Waals surface area contributed by atoms with Crippen LogP contribution in [0.3, 0.4) is 0 Å². The van der Waals surface area contributed by atoms with Crippen LogP contribution in [0.4, 0.5) is 11.4 Å². The van der Waals surface area contributed by atoms with E-state index in [-0.39, 0.29) is 11.6 Å². The van der Waals surface area contributed by atoms with Crippen molar-refractivity contribution in [2.24, 2.45) is 0 Å². The number of nitro benzene ring substituents is 1. The molecule has 1 fully saturated rings. The van der Waals surface area contributed by atoms with Gasteiger partial charge in [0.2, 0.25) is 0 Å². The van der Waals surface area contributed by atoms with Crippen molar-refractivity contribution in [3.8, 4) is 5.75 Å². The molecule has 0 aromatic heterocycles. The van der Waals surface area contributed by atoms with Gasteiger partial charge in [0.25, 0.3) is 11.6 Å². The van der Waals surface area contributed by atoms with E-state index in [2.05, 4.69) is 5.32 Å². The third kappa shape index (κ3) is 5.83.